The van der Waals surface area contributed by atoms with E-state index in [1.807, 2.05) is 37.3 Å². The van der Waals surface area contributed by atoms with Crippen LogP contribution in [-0.4, -0.2) is 38.8 Å². The zero-order chi connectivity index (χ0) is 20.7. The molecule has 0 aliphatic heterocycles. The molecule has 154 valence electrons. The minimum absolute atomic E-state index is 0.0145. The summed E-state index contributed by atoms with van der Waals surface area (Å²) >= 11 is 0. The first kappa shape index (κ1) is 19.1. The molecule has 7 nitrogen and oxygen atoms in total. The third kappa shape index (κ3) is 3.16. The maximum Gasteiger partial charge on any atom is 0.243 e. The van der Waals surface area contributed by atoms with Crippen LogP contribution < -0.4 is 0 Å². The highest BCUT2D eigenvalue weighted by Crippen LogP contribution is 2.32. The molecule has 0 spiro atoms. The van der Waals surface area contributed by atoms with Gasteiger partial charge in [0, 0.05) is 23.5 Å². The second kappa shape index (κ2) is 7.45. The number of hydrogen-bond acceptors (Lipinski definition) is 5. The van der Waals surface area contributed by atoms with Crippen LogP contribution in [0.1, 0.15) is 36.8 Å². The molecule has 2 aromatic heterocycles. The van der Waals surface area contributed by atoms with E-state index in [0.29, 0.717) is 10.5 Å². The van der Waals surface area contributed by atoms with E-state index in [4.69, 9.17) is 0 Å². The monoisotopic (exact) mass is 421 g/mol. The number of pyridine rings is 1. The van der Waals surface area contributed by atoms with Gasteiger partial charge in [-0.3, -0.25) is 0 Å². The molecule has 0 saturated heterocycles. The second-order valence-electron chi connectivity index (χ2n) is 7.90. The van der Waals surface area contributed by atoms with Crippen molar-refractivity contribution < 1.29 is 8.42 Å². The van der Waals surface area contributed by atoms with Crippen molar-refractivity contribution in [2.75, 3.05) is 0 Å². The summed E-state index contributed by atoms with van der Waals surface area (Å²) in [5, 5.41) is 13.3. The molecule has 2 heterocycles. The van der Waals surface area contributed by atoms with Gasteiger partial charge in [-0.25, -0.2) is 8.42 Å². The third-order valence-electron chi connectivity index (χ3n) is 5.98. The van der Waals surface area contributed by atoms with E-state index in [1.54, 1.807) is 33.1 Å². The van der Waals surface area contributed by atoms with Crippen LogP contribution in [0.5, 0.6) is 0 Å². The van der Waals surface area contributed by atoms with Gasteiger partial charge in [0.25, 0.3) is 0 Å². The van der Waals surface area contributed by atoms with Crippen LogP contribution in [0.15, 0.2) is 59.5 Å². The molecule has 0 amide bonds. The number of nitrogens with zero attached hydrogens (tertiary/aromatic N) is 5. The van der Waals surface area contributed by atoms with Crippen LogP contribution in [0.3, 0.4) is 0 Å². The van der Waals surface area contributed by atoms with Crippen LogP contribution in [0.4, 0.5) is 0 Å². The summed E-state index contributed by atoms with van der Waals surface area (Å²) in [6.45, 7) is 2.27. The molecule has 0 atom stereocenters. The van der Waals surface area contributed by atoms with Crippen molar-refractivity contribution in [3.63, 3.8) is 0 Å². The predicted octanol–water partition coefficient (Wildman–Crippen LogP) is 3.72. The van der Waals surface area contributed by atoms with Crippen molar-refractivity contribution in [1.29, 1.82) is 0 Å². The van der Waals surface area contributed by atoms with Gasteiger partial charge in [0.15, 0.2) is 5.65 Å². The van der Waals surface area contributed by atoms with Crippen LogP contribution in [0.25, 0.3) is 16.6 Å². The molecular formula is C22H23N5O2S. The largest absolute Gasteiger partial charge is 0.243 e. The van der Waals surface area contributed by atoms with Gasteiger partial charge >= 0.3 is 0 Å². The van der Waals surface area contributed by atoms with Gasteiger partial charge in [-0.1, -0.05) is 49.2 Å². The lowest BCUT2D eigenvalue weighted by Crippen LogP contribution is -2.38. The Bertz CT molecular complexity index is 1310. The fraction of sp³-hybridized carbons (Fsp3) is 0.318. The first-order valence-corrected chi connectivity index (χ1v) is 11.7. The van der Waals surface area contributed by atoms with E-state index in [1.165, 1.54) is 0 Å². The Balaban J connectivity index is 1.65. The van der Waals surface area contributed by atoms with E-state index in [2.05, 4.69) is 15.5 Å². The van der Waals surface area contributed by atoms with E-state index in [-0.39, 0.29) is 12.6 Å². The molecule has 1 saturated carbocycles. The molecule has 5 rings (SSSR count). The number of hydrogen-bond donors (Lipinski definition) is 0. The van der Waals surface area contributed by atoms with E-state index >= 15 is 0 Å². The molecule has 8 heteroatoms. The lowest BCUT2D eigenvalue weighted by Gasteiger charge is -2.28. The van der Waals surface area contributed by atoms with Crippen LogP contribution in [0.2, 0.25) is 0 Å². The topological polar surface area (TPSA) is 80.5 Å². The van der Waals surface area contributed by atoms with Crippen molar-refractivity contribution in [3.05, 3.63) is 65.7 Å². The Kier molecular flexibility index (Phi) is 4.75. The van der Waals surface area contributed by atoms with Crippen molar-refractivity contribution >= 4 is 26.6 Å². The van der Waals surface area contributed by atoms with E-state index < -0.39 is 10.0 Å². The third-order valence-corrected chi connectivity index (χ3v) is 7.89. The lowest BCUT2D eigenvalue weighted by molar-refractivity contribution is 0.316. The van der Waals surface area contributed by atoms with Gasteiger partial charge in [0.05, 0.1) is 10.4 Å². The van der Waals surface area contributed by atoms with E-state index in [0.717, 1.165) is 47.7 Å². The molecule has 1 aliphatic rings. The number of benzene rings is 2. The van der Waals surface area contributed by atoms with Gasteiger partial charge in [-0.15, -0.1) is 5.10 Å². The number of para-hydroxylation sites is 1. The van der Waals surface area contributed by atoms with Crippen LogP contribution in [0, 0.1) is 6.92 Å². The quantitative estimate of drug-likeness (QED) is 0.491. The number of sulfonamides is 1. The minimum Gasteiger partial charge on any atom is -0.207 e. The first-order valence-electron chi connectivity index (χ1n) is 10.2. The second-order valence-corrected chi connectivity index (χ2v) is 9.79. The van der Waals surface area contributed by atoms with Crippen LogP contribution >= 0.6 is 0 Å². The van der Waals surface area contributed by atoms with Gasteiger partial charge in [-0.2, -0.15) is 8.82 Å². The smallest absolute Gasteiger partial charge is 0.207 e. The van der Waals surface area contributed by atoms with Gasteiger partial charge in [0.2, 0.25) is 10.0 Å². The molecular weight excluding hydrogens is 398 g/mol. The summed E-state index contributed by atoms with van der Waals surface area (Å²) in [6, 6.07) is 16.7. The zero-order valence-corrected chi connectivity index (χ0v) is 17.6. The fourth-order valence-electron chi connectivity index (χ4n) is 4.49. The maximum atomic E-state index is 13.6. The predicted molar refractivity (Wildman–Crippen MR) is 114 cm³/mol. The maximum absolute atomic E-state index is 13.6. The highest BCUT2D eigenvalue weighted by molar-refractivity contribution is 7.89. The summed E-state index contributed by atoms with van der Waals surface area (Å²) in [5.41, 5.74) is 3.42. The SMILES string of the molecule is Cc1cccc2cc(CN(C3CCCC3)S(=O)(=O)c3ccccc3)c3nnnn3c12. The molecule has 0 N–H and O–H groups in total. The normalized spacial score (nSPS) is 15.5. The standard InChI is InChI=1S/C22H23N5O2S/c1-16-8-7-9-17-14-18(22-23-24-25-27(22)21(16)17)15-26(19-10-5-6-11-19)30(28,29)20-12-3-2-4-13-20/h2-4,7-9,12-14,19H,5-6,10-11,15H2,1H3. The number of aryl methyl sites for hydroxylation is 1. The van der Waals surface area contributed by atoms with Crippen molar-refractivity contribution in [2.24, 2.45) is 0 Å². The molecule has 4 aromatic rings. The molecule has 0 radical (unpaired) electrons. The average Bonchev–Trinajstić information content (AvgIpc) is 3.45. The fourth-order valence-corrected chi connectivity index (χ4v) is 6.18. The summed E-state index contributed by atoms with van der Waals surface area (Å²) in [6.07, 6.45) is 3.84. The summed E-state index contributed by atoms with van der Waals surface area (Å²) in [4.78, 5) is 0.323. The minimum atomic E-state index is -3.64. The van der Waals surface area contributed by atoms with Gasteiger partial charge in [0.1, 0.15) is 0 Å². The first-order chi connectivity index (χ1) is 14.6. The summed E-state index contributed by atoms with van der Waals surface area (Å²) < 4.78 is 30.5. The zero-order valence-electron chi connectivity index (χ0n) is 16.8. The van der Waals surface area contributed by atoms with Gasteiger partial charge < -0.3 is 0 Å². The molecule has 0 bridgehead atoms. The van der Waals surface area contributed by atoms with Gasteiger partial charge in [-0.05, 0) is 54.0 Å². The molecule has 30 heavy (non-hydrogen) atoms. The van der Waals surface area contributed by atoms with Crippen molar-refractivity contribution in [3.8, 4) is 0 Å². The Labute approximate surface area is 175 Å². The molecule has 1 fully saturated rings. The Hall–Kier alpha value is -2.84. The number of rotatable bonds is 5. The summed E-state index contributed by atoms with van der Waals surface area (Å²) in [7, 11) is -3.64. The number of aromatic nitrogens is 4. The Morgan fingerprint density at radius 2 is 1.83 bits per heavy atom. The molecule has 0 unspecified atom stereocenters. The lowest BCUT2D eigenvalue weighted by atomic mass is 10.1. The highest BCUT2D eigenvalue weighted by atomic mass is 32.2. The van der Waals surface area contributed by atoms with E-state index in [9.17, 15) is 8.42 Å². The number of fused-ring (bicyclic) bond motifs is 3. The highest BCUT2D eigenvalue weighted by Gasteiger charge is 2.34. The Morgan fingerprint density at radius 1 is 1.07 bits per heavy atom. The van der Waals surface area contributed by atoms with Crippen molar-refractivity contribution in [1.82, 2.24) is 24.3 Å². The number of tetrazole rings is 1. The Morgan fingerprint density at radius 3 is 2.60 bits per heavy atom. The van der Waals surface area contributed by atoms with Crippen LogP contribution in [-0.2, 0) is 16.6 Å². The summed E-state index contributed by atoms with van der Waals surface area (Å²) in [5.74, 6) is 0. The average molecular weight is 422 g/mol. The molecule has 2 aromatic carbocycles. The molecule has 1 aliphatic carbocycles. The van der Waals surface area contributed by atoms with Crippen molar-refractivity contribution in [2.45, 2.75) is 50.1 Å².